The van der Waals surface area contributed by atoms with E-state index in [1.54, 1.807) is 23.2 Å². The van der Waals surface area contributed by atoms with Crippen LogP contribution in [0.3, 0.4) is 0 Å². The van der Waals surface area contributed by atoms with Gasteiger partial charge in [0.15, 0.2) is 5.78 Å². The quantitative estimate of drug-likeness (QED) is 0.428. The van der Waals surface area contributed by atoms with Crippen LogP contribution in [0.2, 0.25) is 0 Å². The van der Waals surface area contributed by atoms with Gasteiger partial charge in [0.05, 0.1) is 0 Å². The highest BCUT2D eigenvalue weighted by atomic mass is 16.5. The summed E-state index contributed by atoms with van der Waals surface area (Å²) in [6, 6.07) is 22.4. The number of Topliss-reactive ketones (excluding diaryl/α,β-unsaturated/α-hetero) is 1. The highest BCUT2D eigenvalue weighted by Crippen LogP contribution is 2.25. The molecule has 1 saturated heterocycles. The van der Waals surface area contributed by atoms with Crippen LogP contribution < -0.4 is 4.74 Å². The number of pyridine rings is 1. The second-order valence-electron chi connectivity index (χ2n) is 7.99. The van der Waals surface area contributed by atoms with Crippen LogP contribution in [0.25, 0.3) is 5.65 Å². The van der Waals surface area contributed by atoms with Crippen molar-refractivity contribution in [3.8, 4) is 11.5 Å². The number of benzene rings is 2. The number of imidazole rings is 1. The maximum atomic E-state index is 13.1. The number of para-hydroxylation sites is 1. The van der Waals surface area contributed by atoms with E-state index in [1.807, 2.05) is 71.3 Å². The molecule has 0 radical (unpaired) electrons. The Hall–Kier alpha value is -3.93. The van der Waals surface area contributed by atoms with Crippen molar-refractivity contribution < 1.29 is 14.3 Å². The summed E-state index contributed by atoms with van der Waals surface area (Å²) in [7, 11) is 0. The van der Waals surface area contributed by atoms with Crippen molar-refractivity contribution in [1.29, 1.82) is 0 Å². The molecule has 1 aliphatic rings. The molecule has 1 atom stereocenters. The second-order valence-corrected chi connectivity index (χ2v) is 7.99. The van der Waals surface area contributed by atoms with E-state index in [1.165, 1.54) is 0 Å². The average molecular weight is 425 g/mol. The third-order valence-corrected chi connectivity index (χ3v) is 5.78. The molecule has 2 aromatic heterocycles. The molecule has 32 heavy (non-hydrogen) atoms. The minimum Gasteiger partial charge on any atom is -0.457 e. The molecule has 2 aromatic carbocycles. The number of rotatable bonds is 5. The minimum absolute atomic E-state index is 0.0590. The minimum atomic E-state index is -0.217. The smallest absolute Gasteiger partial charge is 0.274 e. The Morgan fingerprint density at radius 1 is 0.906 bits per heavy atom. The van der Waals surface area contributed by atoms with Gasteiger partial charge in [-0.25, -0.2) is 4.98 Å². The molecule has 0 saturated carbocycles. The van der Waals surface area contributed by atoms with Gasteiger partial charge in [-0.05, 0) is 61.4 Å². The molecule has 160 valence electrons. The first kappa shape index (κ1) is 20.0. The van der Waals surface area contributed by atoms with Gasteiger partial charge >= 0.3 is 0 Å². The fourth-order valence-electron chi connectivity index (χ4n) is 4.12. The molecular formula is C26H23N3O3. The molecular weight excluding hydrogens is 402 g/mol. The van der Waals surface area contributed by atoms with Crippen LogP contribution >= 0.6 is 0 Å². The topological polar surface area (TPSA) is 63.9 Å². The number of nitrogens with zero attached hydrogens (tertiary/aromatic N) is 3. The van der Waals surface area contributed by atoms with Crippen molar-refractivity contribution in [2.45, 2.75) is 12.8 Å². The molecule has 1 fully saturated rings. The van der Waals surface area contributed by atoms with Crippen LogP contribution in [-0.2, 0) is 0 Å². The predicted molar refractivity (Wildman–Crippen MR) is 121 cm³/mol. The van der Waals surface area contributed by atoms with Crippen molar-refractivity contribution >= 4 is 17.3 Å². The predicted octanol–water partition coefficient (Wildman–Crippen LogP) is 4.86. The number of fused-ring (bicyclic) bond motifs is 1. The Kier molecular flexibility index (Phi) is 5.42. The lowest BCUT2D eigenvalue weighted by Gasteiger charge is -2.31. The first-order valence-corrected chi connectivity index (χ1v) is 10.8. The Morgan fingerprint density at radius 3 is 2.44 bits per heavy atom. The number of piperidine rings is 1. The number of ether oxygens (including phenoxy) is 1. The molecule has 1 aliphatic heterocycles. The van der Waals surface area contributed by atoms with Crippen molar-refractivity contribution in [2.75, 3.05) is 13.1 Å². The summed E-state index contributed by atoms with van der Waals surface area (Å²) in [5.41, 5.74) is 1.78. The largest absolute Gasteiger partial charge is 0.457 e. The molecule has 6 nitrogen and oxygen atoms in total. The number of ketones is 1. The van der Waals surface area contributed by atoms with E-state index < -0.39 is 0 Å². The molecule has 0 N–H and O–H groups in total. The molecule has 0 spiro atoms. The van der Waals surface area contributed by atoms with Gasteiger partial charge in [0, 0.05) is 37.0 Å². The third-order valence-electron chi connectivity index (χ3n) is 5.78. The van der Waals surface area contributed by atoms with Crippen molar-refractivity contribution in [1.82, 2.24) is 14.3 Å². The van der Waals surface area contributed by atoms with E-state index in [2.05, 4.69) is 4.98 Å². The Labute approximate surface area is 186 Å². The summed E-state index contributed by atoms with van der Waals surface area (Å²) in [6.45, 7) is 1.05. The first-order chi connectivity index (χ1) is 15.7. The second kappa shape index (κ2) is 8.67. The lowest BCUT2D eigenvalue weighted by Crippen LogP contribution is -2.42. The Bertz CT molecular complexity index is 1220. The van der Waals surface area contributed by atoms with Gasteiger partial charge in [0.25, 0.3) is 5.91 Å². The maximum absolute atomic E-state index is 13.1. The SMILES string of the molecule is O=C(c1ccc(Oc2ccccc2)cc1)[C@@H]1CCCN(C(=O)c2cn3ccccc3n2)C1. The van der Waals surface area contributed by atoms with E-state index in [9.17, 15) is 9.59 Å². The summed E-state index contributed by atoms with van der Waals surface area (Å²) in [6.07, 6.45) is 5.18. The summed E-state index contributed by atoms with van der Waals surface area (Å²) in [5.74, 6) is 1.15. The van der Waals surface area contributed by atoms with Crippen molar-refractivity contribution in [2.24, 2.45) is 5.92 Å². The normalized spacial score (nSPS) is 16.1. The van der Waals surface area contributed by atoms with E-state index >= 15 is 0 Å². The van der Waals surface area contributed by atoms with Crippen molar-refractivity contribution in [3.05, 3.63) is 96.4 Å². The average Bonchev–Trinajstić information content (AvgIpc) is 3.29. The van der Waals surface area contributed by atoms with Gasteiger partial charge in [-0.2, -0.15) is 0 Å². The van der Waals surface area contributed by atoms with E-state index in [4.69, 9.17) is 4.74 Å². The fraction of sp³-hybridized carbons (Fsp3) is 0.192. The number of carbonyl (C=O) groups is 2. The van der Waals surface area contributed by atoms with Crippen LogP contribution in [0, 0.1) is 5.92 Å². The summed E-state index contributed by atoms with van der Waals surface area (Å²) >= 11 is 0. The highest BCUT2D eigenvalue weighted by molar-refractivity contribution is 5.99. The van der Waals surface area contributed by atoms with Gasteiger partial charge in [-0.1, -0.05) is 24.3 Å². The number of amides is 1. The van der Waals surface area contributed by atoms with E-state index in [-0.39, 0.29) is 17.6 Å². The Balaban J connectivity index is 1.26. The molecule has 0 unspecified atom stereocenters. The molecule has 3 heterocycles. The molecule has 5 rings (SSSR count). The summed E-state index contributed by atoms with van der Waals surface area (Å²) in [4.78, 5) is 32.3. The molecule has 1 amide bonds. The van der Waals surface area contributed by atoms with Gasteiger partial charge in [0.2, 0.25) is 0 Å². The lowest BCUT2D eigenvalue weighted by atomic mass is 9.90. The van der Waals surface area contributed by atoms with Gasteiger partial charge in [-0.3, -0.25) is 9.59 Å². The number of hydrogen-bond donors (Lipinski definition) is 0. The summed E-state index contributed by atoms with van der Waals surface area (Å²) in [5, 5.41) is 0. The third kappa shape index (κ3) is 4.12. The van der Waals surface area contributed by atoms with Gasteiger partial charge in [-0.15, -0.1) is 0 Å². The Morgan fingerprint density at radius 2 is 1.66 bits per heavy atom. The van der Waals surface area contributed by atoms with Gasteiger partial charge < -0.3 is 14.0 Å². The first-order valence-electron chi connectivity index (χ1n) is 10.8. The number of hydrogen-bond acceptors (Lipinski definition) is 4. The molecule has 6 heteroatoms. The highest BCUT2D eigenvalue weighted by Gasteiger charge is 2.30. The molecule has 0 aliphatic carbocycles. The number of likely N-dealkylation sites (tertiary alicyclic amines) is 1. The van der Waals surface area contributed by atoms with Crippen LogP contribution in [-0.4, -0.2) is 39.1 Å². The zero-order valence-electron chi connectivity index (χ0n) is 17.6. The van der Waals surface area contributed by atoms with E-state index in [0.29, 0.717) is 30.1 Å². The molecule has 4 aromatic rings. The van der Waals surface area contributed by atoms with Crippen LogP contribution in [0.5, 0.6) is 11.5 Å². The number of aromatic nitrogens is 2. The van der Waals surface area contributed by atoms with Crippen LogP contribution in [0.1, 0.15) is 33.7 Å². The zero-order valence-corrected chi connectivity index (χ0v) is 17.6. The fourth-order valence-corrected chi connectivity index (χ4v) is 4.12. The van der Waals surface area contributed by atoms with E-state index in [0.717, 1.165) is 24.2 Å². The van der Waals surface area contributed by atoms with Crippen LogP contribution in [0.15, 0.2) is 85.2 Å². The van der Waals surface area contributed by atoms with Crippen molar-refractivity contribution in [3.63, 3.8) is 0 Å². The number of carbonyl (C=O) groups excluding carboxylic acids is 2. The standard InChI is InChI=1S/C26H23N3O3/c30-25(19-11-13-22(14-12-19)32-21-8-2-1-3-9-21)20-7-6-16-29(17-20)26(31)23-18-28-15-5-4-10-24(28)27-23/h1-5,8-15,18,20H,6-7,16-17H2/t20-/m1/s1. The molecule has 0 bridgehead atoms. The maximum Gasteiger partial charge on any atom is 0.274 e. The zero-order chi connectivity index (χ0) is 21.9. The summed E-state index contributed by atoms with van der Waals surface area (Å²) < 4.78 is 7.64. The van der Waals surface area contributed by atoms with Gasteiger partial charge in [0.1, 0.15) is 22.8 Å². The monoisotopic (exact) mass is 425 g/mol. The van der Waals surface area contributed by atoms with Crippen LogP contribution in [0.4, 0.5) is 0 Å². The lowest BCUT2D eigenvalue weighted by molar-refractivity contribution is 0.0632.